The van der Waals surface area contributed by atoms with E-state index in [0.717, 1.165) is 21.7 Å². The lowest BCUT2D eigenvalue weighted by atomic mass is 9.88. The number of hydrogen-bond acceptors (Lipinski definition) is 6. The first kappa shape index (κ1) is 29.5. The maximum atomic E-state index is 12.4. The Hall–Kier alpha value is -2.78. The maximum absolute atomic E-state index is 12.4. The van der Waals surface area contributed by atoms with Gasteiger partial charge < -0.3 is 20.6 Å². The van der Waals surface area contributed by atoms with Gasteiger partial charge in [-0.2, -0.15) is 0 Å². The van der Waals surface area contributed by atoms with Crippen LogP contribution in [0.2, 0.25) is 0 Å². The summed E-state index contributed by atoms with van der Waals surface area (Å²) in [5.41, 5.74) is 5.08. The molecule has 3 amide bonds. The maximum Gasteiger partial charge on any atom is 0.243 e. The Morgan fingerprint density at radius 2 is 1.86 bits per heavy atom. The molecule has 36 heavy (non-hydrogen) atoms. The fraction of sp³-hybridized carbons (Fsp3) is 0.556. The van der Waals surface area contributed by atoms with Crippen LogP contribution in [0, 0.1) is 12.3 Å². The van der Waals surface area contributed by atoms with Gasteiger partial charge in [-0.15, -0.1) is 11.3 Å². The van der Waals surface area contributed by atoms with Crippen LogP contribution in [0.25, 0.3) is 10.4 Å². The van der Waals surface area contributed by atoms with Crippen molar-refractivity contribution in [1.29, 1.82) is 0 Å². The van der Waals surface area contributed by atoms with Crippen LogP contribution in [-0.4, -0.2) is 57.9 Å². The van der Waals surface area contributed by atoms with E-state index in [1.54, 1.807) is 11.3 Å². The summed E-state index contributed by atoms with van der Waals surface area (Å²) in [6, 6.07) is 7.48. The van der Waals surface area contributed by atoms with E-state index in [4.69, 9.17) is 0 Å². The van der Waals surface area contributed by atoms with Gasteiger partial charge in [-0.25, -0.2) is 4.98 Å². The number of amides is 3. The molecule has 0 spiro atoms. The molecule has 1 aliphatic rings. The largest absolute Gasteiger partial charge is 0.391 e. The smallest absolute Gasteiger partial charge is 0.243 e. The van der Waals surface area contributed by atoms with Gasteiger partial charge in [0.2, 0.25) is 18.2 Å². The number of likely N-dealkylation sites (tertiary alicyclic amines) is 1. The van der Waals surface area contributed by atoms with Gasteiger partial charge in [0, 0.05) is 25.4 Å². The highest BCUT2D eigenvalue weighted by atomic mass is 32.1. The average Bonchev–Trinajstić information content (AvgIpc) is 3.43. The van der Waals surface area contributed by atoms with Gasteiger partial charge in [-0.3, -0.25) is 14.4 Å². The molecule has 1 aromatic heterocycles. The highest BCUT2D eigenvalue weighted by Crippen LogP contribution is 2.28. The third kappa shape index (κ3) is 8.13. The van der Waals surface area contributed by atoms with E-state index >= 15 is 0 Å². The second-order valence-corrected chi connectivity index (χ2v) is 11.2. The number of rotatable bonds is 7. The number of aryl methyl sites for hydroxylation is 1. The molecule has 198 valence electrons. The number of nitrogens with zero attached hydrogens (tertiary/aromatic N) is 2. The molecule has 0 bridgehead atoms. The Morgan fingerprint density at radius 1 is 1.22 bits per heavy atom. The predicted octanol–water partition coefficient (Wildman–Crippen LogP) is 3.83. The molecule has 2 aromatic rings. The molecule has 0 aliphatic carbocycles. The minimum absolute atomic E-state index is 0.132. The van der Waals surface area contributed by atoms with Crippen molar-refractivity contribution in [2.75, 3.05) is 6.54 Å². The van der Waals surface area contributed by atoms with Gasteiger partial charge in [-0.05, 0) is 37.3 Å². The molecular weight excluding hydrogens is 476 g/mol. The van der Waals surface area contributed by atoms with Gasteiger partial charge in [0.25, 0.3) is 0 Å². The summed E-state index contributed by atoms with van der Waals surface area (Å²) in [6.07, 6.45) is 0.830. The Bertz CT molecular complexity index is 1020. The number of nitrogens with one attached hydrogen (secondary N) is 2. The summed E-state index contributed by atoms with van der Waals surface area (Å²) >= 11 is 1.60. The molecule has 1 saturated heterocycles. The first-order valence-electron chi connectivity index (χ1n) is 12.4. The predicted molar refractivity (Wildman–Crippen MR) is 143 cm³/mol. The topological polar surface area (TPSA) is 112 Å². The normalized spacial score (nSPS) is 19.1. The second-order valence-electron chi connectivity index (χ2n) is 10.3. The van der Waals surface area contributed by atoms with E-state index in [2.05, 4.69) is 36.4 Å². The monoisotopic (exact) mass is 516 g/mol. The Labute approximate surface area is 218 Å². The number of aliphatic hydroxyl groups excluding tert-OH is 1. The van der Waals surface area contributed by atoms with Crippen molar-refractivity contribution in [3.05, 3.63) is 41.0 Å². The summed E-state index contributed by atoms with van der Waals surface area (Å²) in [5.74, 6) is -0.106. The third-order valence-corrected chi connectivity index (χ3v) is 7.51. The standard InChI is InChI=1S/C18H21N3O3S.C9H19NO/c1-11(20-18(24)16-7-15(23)8-21(16)10-22)13-3-5-14(6-4-13)17-12(2)19-9-25-17;1-6-8(11)10-7(2)9(3,4)5/h3-6,9-11,15-16,23H,7-8H2,1-2H3,(H,20,24);7H,6H2,1-5H3,(H,10,11). The first-order chi connectivity index (χ1) is 16.9. The zero-order chi connectivity index (χ0) is 27.0. The van der Waals surface area contributed by atoms with Crippen molar-refractivity contribution >= 4 is 29.6 Å². The van der Waals surface area contributed by atoms with Gasteiger partial charge in [0.05, 0.1) is 28.2 Å². The number of aliphatic hydroxyl groups is 1. The number of hydrogen-bond donors (Lipinski definition) is 3. The SMILES string of the molecule is CCC(=O)NC(C)C(C)(C)C.Cc1ncsc1-c1ccc(C(C)NC(=O)C2CC(O)CN2C=O)cc1. The third-order valence-electron chi connectivity index (χ3n) is 6.53. The lowest BCUT2D eigenvalue weighted by molar-refractivity contribution is -0.131. The Kier molecular flexibility index (Phi) is 10.6. The van der Waals surface area contributed by atoms with Crippen molar-refractivity contribution in [1.82, 2.24) is 20.5 Å². The summed E-state index contributed by atoms with van der Waals surface area (Å²) in [5, 5.41) is 15.5. The highest BCUT2D eigenvalue weighted by Gasteiger charge is 2.35. The van der Waals surface area contributed by atoms with Crippen LogP contribution in [0.1, 0.15) is 71.7 Å². The summed E-state index contributed by atoms with van der Waals surface area (Å²) in [4.78, 5) is 41.2. The van der Waals surface area contributed by atoms with Crippen LogP contribution in [0.5, 0.6) is 0 Å². The van der Waals surface area contributed by atoms with E-state index in [-0.39, 0.29) is 42.3 Å². The zero-order valence-corrected chi connectivity index (χ0v) is 23.2. The fourth-order valence-electron chi connectivity index (χ4n) is 3.67. The molecule has 4 atom stereocenters. The van der Waals surface area contributed by atoms with Crippen molar-refractivity contribution in [2.24, 2.45) is 5.41 Å². The van der Waals surface area contributed by atoms with Gasteiger partial charge in [0.15, 0.2) is 0 Å². The van der Waals surface area contributed by atoms with Crippen molar-refractivity contribution < 1.29 is 19.5 Å². The molecule has 3 N–H and O–H groups in total. The Balaban J connectivity index is 0.000000352. The van der Waals surface area contributed by atoms with Crippen LogP contribution < -0.4 is 10.6 Å². The number of aromatic nitrogens is 1. The molecular formula is C27H40N4O4S. The number of carbonyl (C=O) groups excluding carboxylic acids is 3. The summed E-state index contributed by atoms with van der Waals surface area (Å²) < 4.78 is 0. The molecule has 1 aliphatic heterocycles. The number of carbonyl (C=O) groups is 3. The van der Waals surface area contributed by atoms with Crippen LogP contribution >= 0.6 is 11.3 Å². The van der Waals surface area contributed by atoms with E-state index in [0.29, 0.717) is 12.8 Å². The first-order valence-corrected chi connectivity index (χ1v) is 13.2. The van der Waals surface area contributed by atoms with Gasteiger partial charge in [-0.1, -0.05) is 52.0 Å². The molecule has 0 saturated carbocycles. The van der Waals surface area contributed by atoms with E-state index in [1.165, 1.54) is 4.90 Å². The zero-order valence-electron chi connectivity index (χ0n) is 22.4. The molecule has 9 heteroatoms. The van der Waals surface area contributed by atoms with Crippen LogP contribution in [0.4, 0.5) is 0 Å². The van der Waals surface area contributed by atoms with Crippen molar-refractivity contribution in [2.45, 2.75) is 85.5 Å². The second kappa shape index (κ2) is 13.0. The fourth-order valence-corrected chi connectivity index (χ4v) is 4.48. The number of thiazole rings is 1. The molecule has 0 radical (unpaired) electrons. The quantitative estimate of drug-likeness (QED) is 0.484. The molecule has 3 rings (SSSR count). The minimum Gasteiger partial charge on any atom is -0.391 e. The van der Waals surface area contributed by atoms with E-state index < -0.39 is 12.1 Å². The molecule has 1 fully saturated rings. The average molecular weight is 517 g/mol. The molecule has 4 unspecified atom stereocenters. The molecule has 1 aromatic carbocycles. The summed E-state index contributed by atoms with van der Waals surface area (Å²) in [7, 11) is 0. The van der Waals surface area contributed by atoms with Crippen molar-refractivity contribution in [3.8, 4) is 10.4 Å². The van der Waals surface area contributed by atoms with E-state index in [9.17, 15) is 19.5 Å². The van der Waals surface area contributed by atoms with Crippen LogP contribution in [-0.2, 0) is 14.4 Å². The van der Waals surface area contributed by atoms with Crippen LogP contribution in [0.3, 0.4) is 0 Å². The van der Waals surface area contributed by atoms with Crippen molar-refractivity contribution in [3.63, 3.8) is 0 Å². The summed E-state index contributed by atoms with van der Waals surface area (Å²) in [6.45, 7) is 14.4. The lowest BCUT2D eigenvalue weighted by Crippen LogP contribution is -2.43. The highest BCUT2D eigenvalue weighted by molar-refractivity contribution is 7.13. The van der Waals surface area contributed by atoms with Crippen LogP contribution in [0.15, 0.2) is 29.8 Å². The van der Waals surface area contributed by atoms with Gasteiger partial charge >= 0.3 is 0 Å². The minimum atomic E-state index is -0.641. The van der Waals surface area contributed by atoms with E-state index in [1.807, 2.05) is 57.5 Å². The number of β-amino-alcohol motifs (C(OH)–C–C–N with tert-alkyl or cyclic N) is 1. The van der Waals surface area contributed by atoms with Gasteiger partial charge in [0.1, 0.15) is 6.04 Å². The number of benzene rings is 1. The molecule has 2 heterocycles. The molecule has 8 nitrogen and oxygen atoms in total. The Morgan fingerprint density at radius 3 is 2.36 bits per heavy atom. The lowest BCUT2D eigenvalue weighted by Gasteiger charge is -2.27.